The average molecular weight is 384 g/mol. The van der Waals surface area contributed by atoms with Crippen molar-refractivity contribution >= 4 is 33.2 Å². The molecule has 0 saturated carbocycles. The van der Waals surface area contributed by atoms with Gasteiger partial charge in [0.15, 0.2) is 0 Å². The van der Waals surface area contributed by atoms with Gasteiger partial charge in [-0.25, -0.2) is 13.8 Å². The predicted molar refractivity (Wildman–Crippen MR) is 84.6 cm³/mol. The maximum Gasteiger partial charge on any atom is 0.145 e. The molecular weight excluding hydrogens is 374 g/mol. The molecule has 0 radical (unpaired) electrons. The molecule has 22 heavy (non-hydrogen) atoms. The fraction of sp³-hybridized carbons (Fsp3) is 0.188. The lowest BCUT2D eigenvalue weighted by Crippen LogP contribution is -2.02. The molecule has 0 aliphatic heterocycles. The molecule has 6 heteroatoms. The zero-order valence-electron chi connectivity index (χ0n) is 11.2. The normalized spacial score (nSPS) is 20.5. The van der Waals surface area contributed by atoms with Gasteiger partial charge < -0.3 is 4.40 Å². The molecule has 2 heterocycles. The second kappa shape index (κ2) is 5.03. The van der Waals surface area contributed by atoms with Crippen LogP contribution in [0.2, 0.25) is 5.02 Å². The lowest BCUT2D eigenvalue weighted by Gasteiger charge is -2.14. The summed E-state index contributed by atoms with van der Waals surface area (Å²) in [5.74, 6) is -0.605. The Labute approximate surface area is 138 Å². The average Bonchev–Trinajstić information content (AvgIpc) is 2.99. The van der Waals surface area contributed by atoms with Crippen LogP contribution >= 0.6 is 27.5 Å². The highest BCUT2D eigenvalue weighted by Crippen LogP contribution is 2.47. The van der Waals surface area contributed by atoms with Crippen molar-refractivity contribution in [3.8, 4) is 0 Å². The van der Waals surface area contributed by atoms with E-state index in [9.17, 15) is 8.78 Å². The second-order valence-electron chi connectivity index (χ2n) is 5.36. The summed E-state index contributed by atoms with van der Waals surface area (Å²) >= 11 is 9.44. The Bertz CT molecular complexity index is 893. The first-order valence-corrected chi connectivity index (χ1v) is 7.98. The molecule has 0 fully saturated rings. The highest BCUT2D eigenvalue weighted by molar-refractivity contribution is 9.10. The summed E-state index contributed by atoms with van der Waals surface area (Å²) in [6.45, 7) is 0. The number of pyridine rings is 1. The molecule has 1 aliphatic rings. The van der Waals surface area contributed by atoms with Crippen LogP contribution in [0.15, 0.2) is 41.0 Å². The SMILES string of the molecule is Fc1cc2nc3c(n2cc1Br)[C@@H](c1ccccc1Cl)C[C@@H]3F. The molecule has 3 aromatic rings. The summed E-state index contributed by atoms with van der Waals surface area (Å²) in [7, 11) is 0. The van der Waals surface area contributed by atoms with Crippen LogP contribution in [0.4, 0.5) is 8.78 Å². The minimum absolute atomic E-state index is 0.189. The zero-order chi connectivity index (χ0) is 15.4. The number of halogens is 4. The lowest BCUT2D eigenvalue weighted by atomic mass is 9.96. The van der Waals surface area contributed by atoms with Gasteiger partial charge in [0.2, 0.25) is 0 Å². The minimum atomic E-state index is -1.17. The van der Waals surface area contributed by atoms with E-state index in [0.717, 1.165) is 11.3 Å². The van der Waals surface area contributed by atoms with Crippen LogP contribution in [0.5, 0.6) is 0 Å². The summed E-state index contributed by atoms with van der Waals surface area (Å²) in [6, 6.07) is 8.72. The Morgan fingerprint density at radius 2 is 2.09 bits per heavy atom. The highest BCUT2D eigenvalue weighted by Gasteiger charge is 2.37. The van der Waals surface area contributed by atoms with Gasteiger partial charge in [0.1, 0.15) is 17.6 Å². The van der Waals surface area contributed by atoms with E-state index in [4.69, 9.17) is 11.6 Å². The fourth-order valence-corrected chi connectivity index (χ4v) is 3.70. The van der Waals surface area contributed by atoms with Crippen LogP contribution in [0.3, 0.4) is 0 Å². The third kappa shape index (κ3) is 1.99. The van der Waals surface area contributed by atoms with E-state index in [1.807, 2.05) is 18.2 Å². The first-order valence-electron chi connectivity index (χ1n) is 6.81. The van der Waals surface area contributed by atoms with Gasteiger partial charge in [0, 0.05) is 23.2 Å². The van der Waals surface area contributed by atoms with Crippen LogP contribution in [0, 0.1) is 5.82 Å². The van der Waals surface area contributed by atoms with Crippen molar-refractivity contribution in [2.45, 2.75) is 18.5 Å². The maximum atomic E-state index is 14.4. The molecule has 0 N–H and O–H groups in total. The predicted octanol–water partition coefficient (Wildman–Crippen LogP) is 5.44. The molecule has 0 saturated heterocycles. The van der Waals surface area contributed by atoms with Crippen molar-refractivity contribution in [3.63, 3.8) is 0 Å². The van der Waals surface area contributed by atoms with Gasteiger partial charge in [0.25, 0.3) is 0 Å². The first kappa shape index (κ1) is 14.2. The lowest BCUT2D eigenvalue weighted by molar-refractivity contribution is 0.330. The molecule has 1 aromatic carbocycles. The topological polar surface area (TPSA) is 17.3 Å². The maximum absolute atomic E-state index is 14.4. The zero-order valence-corrected chi connectivity index (χ0v) is 13.6. The molecule has 0 unspecified atom stereocenters. The van der Waals surface area contributed by atoms with Crippen molar-refractivity contribution < 1.29 is 8.78 Å². The Hall–Kier alpha value is -1.46. The molecule has 0 bridgehead atoms. The second-order valence-corrected chi connectivity index (χ2v) is 6.62. The Morgan fingerprint density at radius 1 is 1.32 bits per heavy atom. The van der Waals surface area contributed by atoms with Gasteiger partial charge in [-0.05, 0) is 34.0 Å². The number of hydrogen-bond donors (Lipinski definition) is 0. The van der Waals surface area contributed by atoms with Gasteiger partial charge in [-0.3, -0.25) is 0 Å². The third-order valence-corrected chi connectivity index (χ3v) is 5.01. The Morgan fingerprint density at radius 3 is 2.86 bits per heavy atom. The van der Waals surface area contributed by atoms with E-state index in [1.54, 1.807) is 16.7 Å². The number of fused-ring (bicyclic) bond motifs is 3. The van der Waals surface area contributed by atoms with Crippen molar-refractivity contribution in [1.29, 1.82) is 0 Å². The summed E-state index contributed by atoms with van der Waals surface area (Å²) in [6.07, 6.45) is 0.732. The smallest absolute Gasteiger partial charge is 0.145 e. The largest absolute Gasteiger partial charge is 0.302 e. The van der Waals surface area contributed by atoms with Crippen molar-refractivity contribution in [2.24, 2.45) is 0 Å². The van der Waals surface area contributed by atoms with Crippen molar-refractivity contribution in [3.05, 3.63) is 68.8 Å². The van der Waals surface area contributed by atoms with Crippen LogP contribution < -0.4 is 0 Å². The standard InChI is InChI=1S/C16H10BrClF2N2/c17-10-7-22-14(6-12(10)19)21-15-13(20)5-9(16(15)22)8-3-1-2-4-11(8)18/h1-4,6-7,9,13H,5H2/t9-,13+/m1/s1. The van der Waals surface area contributed by atoms with Crippen LogP contribution in [-0.2, 0) is 0 Å². The number of imidazole rings is 1. The van der Waals surface area contributed by atoms with E-state index in [0.29, 0.717) is 27.3 Å². The number of benzene rings is 1. The number of aromatic nitrogens is 2. The Balaban J connectivity index is 1.98. The number of alkyl halides is 1. The van der Waals surface area contributed by atoms with Gasteiger partial charge in [0.05, 0.1) is 15.9 Å². The first-order chi connectivity index (χ1) is 10.6. The quantitative estimate of drug-likeness (QED) is 0.547. The molecule has 1 aliphatic carbocycles. The van der Waals surface area contributed by atoms with E-state index in [2.05, 4.69) is 20.9 Å². The third-order valence-electron chi connectivity index (χ3n) is 4.08. The molecule has 0 amide bonds. The molecular formula is C16H10BrClF2N2. The number of nitrogens with zero attached hydrogens (tertiary/aromatic N) is 2. The molecule has 112 valence electrons. The summed E-state index contributed by atoms with van der Waals surface area (Å²) in [5, 5.41) is 0.601. The van der Waals surface area contributed by atoms with Crippen molar-refractivity contribution in [2.75, 3.05) is 0 Å². The van der Waals surface area contributed by atoms with Crippen LogP contribution in [-0.4, -0.2) is 9.38 Å². The molecule has 2 atom stereocenters. The molecule has 2 nitrogen and oxygen atoms in total. The Kier molecular flexibility index (Phi) is 3.24. The number of hydrogen-bond acceptors (Lipinski definition) is 1. The van der Waals surface area contributed by atoms with Gasteiger partial charge in [-0.15, -0.1) is 0 Å². The highest BCUT2D eigenvalue weighted by atomic mass is 79.9. The van der Waals surface area contributed by atoms with E-state index in [1.165, 1.54) is 6.07 Å². The van der Waals surface area contributed by atoms with E-state index < -0.39 is 12.0 Å². The summed E-state index contributed by atoms with van der Waals surface area (Å²) < 4.78 is 30.1. The summed E-state index contributed by atoms with van der Waals surface area (Å²) in [5.41, 5.74) is 2.40. The van der Waals surface area contributed by atoms with E-state index >= 15 is 0 Å². The van der Waals surface area contributed by atoms with Gasteiger partial charge in [-0.1, -0.05) is 29.8 Å². The van der Waals surface area contributed by atoms with Gasteiger partial charge >= 0.3 is 0 Å². The van der Waals surface area contributed by atoms with Crippen LogP contribution in [0.25, 0.3) is 5.65 Å². The minimum Gasteiger partial charge on any atom is -0.302 e. The fourth-order valence-electron chi connectivity index (χ4n) is 3.12. The summed E-state index contributed by atoms with van der Waals surface area (Å²) in [4.78, 5) is 4.27. The molecule has 0 spiro atoms. The van der Waals surface area contributed by atoms with E-state index in [-0.39, 0.29) is 5.92 Å². The monoisotopic (exact) mass is 382 g/mol. The van der Waals surface area contributed by atoms with Crippen LogP contribution in [0.1, 0.15) is 35.5 Å². The number of rotatable bonds is 1. The van der Waals surface area contributed by atoms with Crippen molar-refractivity contribution in [1.82, 2.24) is 9.38 Å². The van der Waals surface area contributed by atoms with Gasteiger partial charge in [-0.2, -0.15) is 0 Å². The molecule has 2 aromatic heterocycles. The molecule has 4 rings (SSSR count).